The summed E-state index contributed by atoms with van der Waals surface area (Å²) in [6, 6.07) is 5.14. The van der Waals surface area contributed by atoms with Gasteiger partial charge >= 0.3 is 0 Å². The van der Waals surface area contributed by atoms with Gasteiger partial charge < -0.3 is 15.5 Å². The Morgan fingerprint density at radius 2 is 1.86 bits per heavy atom. The minimum absolute atomic E-state index is 0.103. The molecule has 1 saturated heterocycles. The largest absolute Gasteiger partial charge is 0.379 e. The van der Waals surface area contributed by atoms with Gasteiger partial charge in [0.15, 0.2) is 0 Å². The smallest absolute Gasteiger partial charge is 0.255 e. The predicted molar refractivity (Wildman–Crippen MR) is 127 cm³/mol. The number of imide groups is 1. The van der Waals surface area contributed by atoms with Crippen LogP contribution in [0.4, 0.5) is 14.5 Å². The highest BCUT2D eigenvalue weighted by Crippen LogP contribution is 2.43. The van der Waals surface area contributed by atoms with E-state index >= 15 is 0 Å². The molecule has 190 valence electrons. The molecule has 2 heterocycles. The highest BCUT2D eigenvalue weighted by molar-refractivity contribution is 6.06. The molecule has 1 aromatic carbocycles. The van der Waals surface area contributed by atoms with Gasteiger partial charge in [0.1, 0.15) is 6.04 Å². The second-order valence-electron chi connectivity index (χ2n) is 10.7. The Morgan fingerprint density at radius 3 is 2.54 bits per heavy atom. The number of alkyl halides is 2. The fourth-order valence-electron chi connectivity index (χ4n) is 5.94. The molecule has 1 atom stereocenters. The number of carbonyl (C=O) groups excluding carboxylic acids is 3. The summed E-state index contributed by atoms with van der Waals surface area (Å²) in [5.41, 5.74) is 2.28. The monoisotopic (exact) mass is 488 g/mol. The number of fused-ring (bicyclic) bond motifs is 1. The molecular formula is C26H34F2N4O3. The maximum atomic E-state index is 13.2. The van der Waals surface area contributed by atoms with Crippen LogP contribution >= 0.6 is 0 Å². The summed E-state index contributed by atoms with van der Waals surface area (Å²) >= 11 is 0. The molecule has 1 unspecified atom stereocenters. The van der Waals surface area contributed by atoms with Gasteiger partial charge in [0.05, 0.1) is 6.54 Å². The van der Waals surface area contributed by atoms with Crippen molar-refractivity contribution < 1.29 is 23.2 Å². The second kappa shape index (κ2) is 9.84. The molecule has 3 N–H and O–H groups in total. The number of anilines is 1. The molecule has 3 amide bonds. The van der Waals surface area contributed by atoms with E-state index in [9.17, 15) is 23.2 Å². The Morgan fingerprint density at radius 1 is 1.09 bits per heavy atom. The average Bonchev–Trinajstić information content (AvgIpc) is 3.61. The first-order valence-corrected chi connectivity index (χ1v) is 12.9. The molecule has 7 nitrogen and oxygen atoms in total. The standard InChI is InChI=1S/C26H34F2N4O3/c27-22(28)14-29-17-9-12-26(13-10-17,11-8-16-4-5-16)31-20-3-1-2-18-19(20)15-32(25(18)35)21-6-7-23(33)30-24(21)34/h1-3,16-17,21-22,29,31H,4-15H2,(H,30,33,34). The number of nitrogens with zero attached hydrogens (tertiary/aromatic N) is 1. The number of benzene rings is 1. The van der Waals surface area contributed by atoms with Crippen molar-refractivity contribution in [3.8, 4) is 0 Å². The van der Waals surface area contributed by atoms with E-state index in [0.717, 1.165) is 55.7 Å². The summed E-state index contributed by atoms with van der Waals surface area (Å²) in [5, 5.41) is 9.18. The molecule has 3 fully saturated rings. The topological polar surface area (TPSA) is 90.5 Å². The number of hydrogen-bond acceptors (Lipinski definition) is 5. The van der Waals surface area contributed by atoms with Crippen LogP contribution in [0.3, 0.4) is 0 Å². The molecule has 35 heavy (non-hydrogen) atoms. The third-order valence-electron chi connectivity index (χ3n) is 8.21. The van der Waals surface area contributed by atoms with E-state index in [2.05, 4.69) is 16.0 Å². The maximum absolute atomic E-state index is 13.2. The lowest BCUT2D eigenvalue weighted by Crippen LogP contribution is -2.52. The van der Waals surface area contributed by atoms with E-state index < -0.39 is 18.4 Å². The third-order valence-corrected chi connectivity index (χ3v) is 8.21. The van der Waals surface area contributed by atoms with Crippen molar-refractivity contribution in [1.82, 2.24) is 15.5 Å². The Kier molecular flexibility index (Phi) is 6.79. The maximum Gasteiger partial charge on any atom is 0.255 e. The summed E-state index contributed by atoms with van der Waals surface area (Å²) in [5.74, 6) is -0.0963. The van der Waals surface area contributed by atoms with Crippen molar-refractivity contribution >= 4 is 23.4 Å². The molecule has 2 aliphatic heterocycles. The van der Waals surface area contributed by atoms with Crippen molar-refractivity contribution in [1.29, 1.82) is 0 Å². The minimum atomic E-state index is -2.34. The summed E-state index contributed by atoms with van der Waals surface area (Å²) in [7, 11) is 0. The van der Waals surface area contributed by atoms with Crippen LogP contribution in [0.15, 0.2) is 18.2 Å². The quantitative estimate of drug-likeness (QED) is 0.462. The zero-order valence-electron chi connectivity index (χ0n) is 20.0. The fourth-order valence-corrected chi connectivity index (χ4v) is 5.94. The van der Waals surface area contributed by atoms with Crippen LogP contribution in [-0.2, 0) is 16.1 Å². The second-order valence-corrected chi connectivity index (χ2v) is 10.7. The lowest BCUT2D eigenvalue weighted by atomic mass is 9.75. The van der Waals surface area contributed by atoms with E-state index in [4.69, 9.17) is 0 Å². The fraction of sp³-hybridized carbons (Fsp3) is 0.654. The highest BCUT2D eigenvalue weighted by Gasteiger charge is 2.42. The van der Waals surface area contributed by atoms with E-state index in [-0.39, 0.29) is 36.4 Å². The van der Waals surface area contributed by atoms with E-state index in [1.54, 1.807) is 11.0 Å². The van der Waals surface area contributed by atoms with Gasteiger partial charge in [-0.15, -0.1) is 0 Å². The summed E-state index contributed by atoms with van der Waals surface area (Å²) < 4.78 is 25.3. The normalized spacial score (nSPS) is 28.9. The van der Waals surface area contributed by atoms with Gasteiger partial charge in [0.25, 0.3) is 12.3 Å². The Bertz CT molecular complexity index is 989. The molecule has 9 heteroatoms. The lowest BCUT2D eigenvalue weighted by molar-refractivity contribution is -0.136. The number of halogens is 2. The van der Waals surface area contributed by atoms with Crippen LogP contribution in [0.25, 0.3) is 0 Å². The Balaban J connectivity index is 1.32. The number of nitrogens with one attached hydrogen (secondary N) is 3. The van der Waals surface area contributed by atoms with Gasteiger partial charge in [-0.25, -0.2) is 8.78 Å². The molecule has 0 spiro atoms. The Labute approximate surface area is 204 Å². The van der Waals surface area contributed by atoms with Crippen LogP contribution in [0.1, 0.15) is 80.1 Å². The molecule has 2 saturated carbocycles. The molecule has 0 radical (unpaired) electrons. The van der Waals surface area contributed by atoms with Crippen LogP contribution in [0.5, 0.6) is 0 Å². The summed E-state index contributed by atoms with van der Waals surface area (Å²) in [4.78, 5) is 38.8. The van der Waals surface area contributed by atoms with Crippen LogP contribution < -0.4 is 16.0 Å². The summed E-state index contributed by atoms with van der Waals surface area (Å²) in [6.45, 7) is 0.0680. The van der Waals surface area contributed by atoms with Gasteiger partial charge in [-0.05, 0) is 63.0 Å². The lowest BCUT2D eigenvalue weighted by Gasteiger charge is -2.42. The van der Waals surface area contributed by atoms with Crippen molar-refractivity contribution in [2.75, 3.05) is 11.9 Å². The molecule has 1 aromatic rings. The number of piperidine rings is 1. The SMILES string of the molecule is O=C1CCC(N2Cc3c(NC4(CCC5CC5)CCC(NCC(F)F)CC4)cccc3C2=O)C(=O)N1. The van der Waals surface area contributed by atoms with Gasteiger partial charge in [-0.2, -0.15) is 0 Å². The average molecular weight is 489 g/mol. The molecule has 0 aromatic heterocycles. The van der Waals surface area contributed by atoms with Gasteiger partial charge in [-0.1, -0.05) is 18.9 Å². The molecule has 5 rings (SSSR count). The van der Waals surface area contributed by atoms with E-state index in [0.29, 0.717) is 18.5 Å². The molecule has 4 aliphatic rings. The molecule has 0 bridgehead atoms. The van der Waals surface area contributed by atoms with Crippen molar-refractivity contribution in [2.24, 2.45) is 5.92 Å². The summed E-state index contributed by atoms with van der Waals surface area (Å²) in [6.07, 6.45) is 6.40. The Hall–Kier alpha value is -2.55. The zero-order chi connectivity index (χ0) is 24.6. The number of rotatable bonds is 9. The van der Waals surface area contributed by atoms with Crippen molar-refractivity contribution in [3.63, 3.8) is 0 Å². The van der Waals surface area contributed by atoms with Crippen molar-refractivity contribution in [3.05, 3.63) is 29.3 Å². The number of amides is 3. The first-order chi connectivity index (χ1) is 16.8. The number of carbonyl (C=O) groups is 3. The highest BCUT2D eigenvalue weighted by atomic mass is 19.3. The van der Waals surface area contributed by atoms with Gasteiger partial charge in [0.2, 0.25) is 11.8 Å². The minimum Gasteiger partial charge on any atom is -0.379 e. The van der Waals surface area contributed by atoms with E-state index in [1.807, 2.05) is 12.1 Å². The molecule has 2 aliphatic carbocycles. The van der Waals surface area contributed by atoms with Gasteiger partial charge in [0, 0.05) is 41.4 Å². The van der Waals surface area contributed by atoms with Crippen LogP contribution in [-0.4, -0.2) is 53.2 Å². The van der Waals surface area contributed by atoms with Crippen molar-refractivity contribution in [2.45, 2.75) is 94.8 Å². The number of hydrogen-bond donors (Lipinski definition) is 3. The predicted octanol–water partition coefficient (Wildman–Crippen LogP) is 3.59. The van der Waals surface area contributed by atoms with Crippen LogP contribution in [0, 0.1) is 5.92 Å². The zero-order valence-corrected chi connectivity index (χ0v) is 20.0. The first kappa shape index (κ1) is 24.2. The third kappa shape index (κ3) is 5.34. The van der Waals surface area contributed by atoms with Crippen LogP contribution in [0.2, 0.25) is 0 Å². The van der Waals surface area contributed by atoms with Gasteiger partial charge in [-0.3, -0.25) is 19.7 Å². The first-order valence-electron chi connectivity index (χ1n) is 12.9. The molecular weight excluding hydrogens is 454 g/mol. The van der Waals surface area contributed by atoms with E-state index in [1.165, 1.54) is 12.8 Å².